The van der Waals surface area contributed by atoms with E-state index in [0.29, 0.717) is 5.76 Å². The highest BCUT2D eigenvalue weighted by Crippen LogP contribution is 2.30. The maximum absolute atomic E-state index is 11.5. The summed E-state index contributed by atoms with van der Waals surface area (Å²) in [6.07, 6.45) is 5.33. The van der Waals surface area contributed by atoms with Crippen LogP contribution in [-0.2, 0) is 6.54 Å². The van der Waals surface area contributed by atoms with Gasteiger partial charge in [0.2, 0.25) is 0 Å². The molecule has 0 aromatic carbocycles. The van der Waals surface area contributed by atoms with E-state index in [2.05, 4.69) is 17.2 Å². The van der Waals surface area contributed by atoms with Crippen molar-refractivity contribution in [2.45, 2.75) is 32.7 Å². The molecule has 1 aromatic heterocycles. The first-order chi connectivity index (χ1) is 8.74. The summed E-state index contributed by atoms with van der Waals surface area (Å²) < 4.78 is 5.20. The van der Waals surface area contributed by atoms with Gasteiger partial charge in [-0.1, -0.05) is 6.92 Å². The number of nitrogens with zero attached hydrogens (tertiary/aromatic N) is 1. The molecule has 1 aromatic rings. The quantitative estimate of drug-likeness (QED) is 0.438. The Morgan fingerprint density at radius 1 is 1.61 bits per heavy atom. The topological polar surface area (TPSA) is 71.5 Å². The molecule has 1 heterocycles. The van der Waals surface area contributed by atoms with Gasteiger partial charge in [0.05, 0.1) is 6.26 Å². The molecule has 18 heavy (non-hydrogen) atoms. The zero-order valence-corrected chi connectivity index (χ0v) is 10.8. The fraction of sp³-hybridized carbons (Fsp3) is 0.615. The minimum Gasteiger partial charge on any atom is -0.459 e. The highest BCUT2D eigenvalue weighted by atomic mass is 16.3. The van der Waals surface area contributed by atoms with Crippen LogP contribution in [0.15, 0.2) is 16.7 Å². The van der Waals surface area contributed by atoms with Crippen molar-refractivity contribution in [1.29, 1.82) is 0 Å². The molecule has 0 bridgehead atoms. The van der Waals surface area contributed by atoms with Crippen molar-refractivity contribution in [1.82, 2.24) is 10.3 Å². The molecule has 5 heteroatoms. The first-order valence-electron chi connectivity index (χ1n) is 6.54. The number of nitrogens with two attached hydrogens (primary N) is 1. The van der Waals surface area contributed by atoms with E-state index in [-0.39, 0.29) is 5.91 Å². The molecule has 3 N–H and O–H groups in total. The van der Waals surface area contributed by atoms with Crippen LogP contribution < -0.4 is 11.3 Å². The summed E-state index contributed by atoms with van der Waals surface area (Å²) in [7, 11) is 0. The van der Waals surface area contributed by atoms with Crippen molar-refractivity contribution < 1.29 is 9.21 Å². The molecule has 100 valence electrons. The summed E-state index contributed by atoms with van der Waals surface area (Å²) in [5, 5.41) is 0. The fourth-order valence-corrected chi connectivity index (χ4v) is 2.18. The van der Waals surface area contributed by atoms with E-state index in [0.717, 1.165) is 37.5 Å². The van der Waals surface area contributed by atoms with Gasteiger partial charge in [0.1, 0.15) is 0 Å². The number of carbonyl (C=O) groups is 1. The van der Waals surface area contributed by atoms with E-state index in [1.165, 1.54) is 12.8 Å². The summed E-state index contributed by atoms with van der Waals surface area (Å²) in [5.41, 5.74) is 3.02. The van der Waals surface area contributed by atoms with Gasteiger partial charge >= 0.3 is 5.91 Å². The molecular weight excluding hydrogens is 230 g/mol. The molecule has 2 rings (SSSR count). The Morgan fingerprint density at radius 3 is 3.00 bits per heavy atom. The number of nitrogen functional groups attached to an aromatic ring is 1. The Hall–Kier alpha value is -1.33. The number of furan rings is 1. The van der Waals surface area contributed by atoms with Crippen LogP contribution in [0.1, 0.15) is 42.3 Å². The second-order valence-corrected chi connectivity index (χ2v) is 4.93. The van der Waals surface area contributed by atoms with E-state index in [4.69, 9.17) is 10.3 Å². The van der Waals surface area contributed by atoms with Crippen LogP contribution in [0, 0.1) is 5.92 Å². The number of hydrazine groups is 1. The number of carbonyl (C=O) groups excluding carboxylic acids is 1. The summed E-state index contributed by atoms with van der Waals surface area (Å²) in [4.78, 5) is 13.9. The Balaban J connectivity index is 2.00. The van der Waals surface area contributed by atoms with E-state index < -0.39 is 0 Å². The number of hydrogen-bond donors (Lipinski definition) is 2. The van der Waals surface area contributed by atoms with Gasteiger partial charge in [0, 0.05) is 18.7 Å². The summed E-state index contributed by atoms with van der Waals surface area (Å²) in [5.74, 6) is 5.95. The lowest BCUT2D eigenvalue weighted by Crippen LogP contribution is -2.32. The van der Waals surface area contributed by atoms with Crippen LogP contribution in [0.2, 0.25) is 0 Å². The smallest absolute Gasteiger partial charge is 0.301 e. The highest BCUT2D eigenvalue weighted by Gasteiger charge is 2.25. The van der Waals surface area contributed by atoms with Gasteiger partial charge in [-0.15, -0.1) is 0 Å². The third kappa shape index (κ3) is 3.34. The van der Waals surface area contributed by atoms with E-state index in [1.807, 2.05) is 6.07 Å². The van der Waals surface area contributed by atoms with E-state index >= 15 is 0 Å². The van der Waals surface area contributed by atoms with Crippen LogP contribution in [-0.4, -0.2) is 23.9 Å². The van der Waals surface area contributed by atoms with Crippen LogP contribution in [0.25, 0.3) is 0 Å². The number of nitrogens with one attached hydrogen (secondary N) is 1. The van der Waals surface area contributed by atoms with Crippen molar-refractivity contribution in [2.24, 2.45) is 11.8 Å². The maximum Gasteiger partial charge on any atom is 0.301 e. The molecule has 1 aliphatic rings. The van der Waals surface area contributed by atoms with Crippen LogP contribution in [0.5, 0.6) is 0 Å². The fourth-order valence-electron chi connectivity index (χ4n) is 2.18. The van der Waals surface area contributed by atoms with Crippen molar-refractivity contribution in [2.75, 3.05) is 13.1 Å². The SMILES string of the molecule is CCCN(Cc1ccoc1C(=O)NN)CC1CC1. The maximum atomic E-state index is 11.5. The molecule has 0 aliphatic heterocycles. The monoisotopic (exact) mass is 251 g/mol. The number of amides is 1. The Kier molecular flexibility index (Phi) is 4.38. The second kappa shape index (κ2) is 6.02. The van der Waals surface area contributed by atoms with Crippen molar-refractivity contribution >= 4 is 5.91 Å². The molecule has 1 aliphatic carbocycles. The molecule has 0 unspecified atom stereocenters. The van der Waals surface area contributed by atoms with Gasteiger partial charge in [-0.3, -0.25) is 15.1 Å². The summed E-state index contributed by atoms with van der Waals surface area (Å²) in [6.45, 7) is 5.08. The van der Waals surface area contributed by atoms with Gasteiger partial charge in [-0.25, -0.2) is 5.84 Å². The largest absolute Gasteiger partial charge is 0.459 e. The lowest BCUT2D eigenvalue weighted by Gasteiger charge is -2.21. The summed E-state index contributed by atoms with van der Waals surface area (Å²) in [6, 6.07) is 1.85. The van der Waals surface area contributed by atoms with E-state index in [1.54, 1.807) is 6.26 Å². The van der Waals surface area contributed by atoms with E-state index in [9.17, 15) is 4.79 Å². The molecule has 1 amide bonds. The third-order valence-electron chi connectivity index (χ3n) is 3.23. The van der Waals surface area contributed by atoms with Gasteiger partial charge in [0.25, 0.3) is 0 Å². The standard InChI is InChI=1S/C13H21N3O2/c1-2-6-16(8-10-3-4-10)9-11-5-7-18-12(11)13(17)15-14/h5,7,10H,2-4,6,8-9,14H2,1H3,(H,15,17). The number of rotatable bonds is 7. The molecule has 0 atom stereocenters. The lowest BCUT2D eigenvalue weighted by atomic mass is 10.2. The van der Waals surface area contributed by atoms with Crippen LogP contribution in [0.4, 0.5) is 0 Å². The number of hydrogen-bond acceptors (Lipinski definition) is 4. The van der Waals surface area contributed by atoms with Crippen LogP contribution >= 0.6 is 0 Å². The first-order valence-corrected chi connectivity index (χ1v) is 6.54. The first kappa shape index (κ1) is 13.1. The summed E-state index contributed by atoms with van der Waals surface area (Å²) >= 11 is 0. The average Bonchev–Trinajstić information content (AvgIpc) is 3.05. The van der Waals surface area contributed by atoms with Gasteiger partial charge in [0.15, 0.2) is 5.76 Å². The molecule has 5 nitrogen and oxygen atoms in total. The average molecular weight is 251 g/mol. The highest BCUT2D eigenvalue weighted by molar-refractivity contribution is 5.92. The third-order valence-corrected chi connectivity index (χ3v) is 3.23. The Labute approximate surface area is 107 Å². The van der Waals surface area contributed by atoms with Gasteiger partial charge in [-0.2, -0.15) is 0 Å². The minimum absolute atomic E-state index is 0.328. The Morgan fingerprint density at radius 2 is 2.39 bits per heavy atom. The molecule has 0 radical (unpaired) electrons. The van der Waals surface area contributed by atoms with Gasteiger partial charge < -0.3 is 4.42 Å². The van der Waals surface area contributed by atoms with Crippen LogP contribution in [0.3, 0.4) is 0 Å². The molecule has 0 spiro atoms. The zero-order chi connectivity index (χ0) is 13.0. The van der Waals surface area contributed by atoms with Crippen molar-refractivity contribution in [3.63, 3.8) is 0 Å². The molecular formula is C13H21N3O2. The predicted octanol–water partition coefficient (Wildman–Crippen LogP) is 1.51. The van der Waals surface area contributed by atoms with Gasteiger partial charge in [-0.05, 0) is 37.8 Å². The normalized spacial score (nSPS) is 15.1. The van der Waals surface area contributed by atoms with Crippen molar-refractivity contribution in [3.8, 4) is 0 Å². The minimum atomic E-state index is -0.363. The Bertz CT molecular complexity index is 399. The molecule has 0 saturated heterocycles. The molecule has 1 fully saturated rings. The lowest BCUT2D eigenvalue weighted by molar-refractivity contribution is 0.0923. The second-order valence-electron chi connectivity index (χ2n) is 4.93. The van der Waals surface area contributed by atoms with Crippen molar-refractivity contribution in [3.05, 3.63) is 23.7 Å². The predicted molar refractivity (Wildman–Crippen MR) is 68.7 cm³/mol. The zero-order valence-electron chi connectivity index (χ0n) is 10.8. The molecule has 1 saturated carbocycles.